The van der Waals surface area contributed by atoms with Crippen molar-refractivity contribution >= 4 is 28.4 Å². The van der Waals surface area contributed by atoms with Gasteiger partial charge in [0.05, 0.1) is 3.58 Å². The van der Waals surface area contributed by atoms with Crippen molar-refractivity contribution in [3.05, 3.63) is 9.66 Å². The van der Waals surface area contributed by atoms with Gasteiger partial charge >= 0.3 is 0 Å². The van der Waals surface area contributed by atoms with E-state index >= 15 is 0 Å². The molecule has 9 heavy (non-hydrogen) atoms. The van der Waals surface area contributed by atoms with Crippen LogP contribution in [-0.2, 0) is 4.79 Å². The van der Waals surface area contributed by atoms with Gasteiger partial charge in [-0.3, -0.25) is 4.79 Å². The predicted molar refractivity (Wildman–Crippen MR) is 47.7 cm³/mol. The number of hydrogen-bond acceptors (Lipinski definition) is 1. The Labute approximate surface area is 69.7 Å². The van der Waals surface area contributed by atoms with Crippen molar-refractivity contribution in [2.24, 2.45) is 0 Å². The lowest BCUT2D eigenvalue weighted by Crippen LogP contribution is -1.86. The molecule has 0 aliphatic rings. The van der Waals surface area contributed by atoms with E-state index < -0.39 is 0 Å². The van der Waals surface area contributed by atoms with Gasteiger partial charge in [0, 0.05) is 0 Å². The number of rotatable bonds is 3. The first kappa shape index (κ1) is 9.14. The van der Waals surface area contributed by atoms with Gasteiger partial charge in [-0.2, -0.15) is 0 Å². The lowest BCUT2D eigenvalue weighted by atomic mass is 10.3. The highest BCUT2D eigenvalue weighted by Crippen LogP contribution is 2.08. The lowest BCUT2D eigenvalue weighted by molar-refractivity contribution is -0.112. The van der Waals surface area contributed by atoms with Gasteiger partial charge in [0.2, 0.25) is 0 Å². The maximum atomic E-state index is 10.6. The summed E-state index contributed by atoms with van der Waals surface area (Å²) < 4.78 is 0.856. The zero-order valence-corrected chi connectivity index (χ0v) is 7.94. The summed E-state index contributed by atoms with van der Waals surface area (Å²) >= 11 is 2.07. The van der Waals surface area contributed by atoms with E-state index in [-0.39, 0.29) is 5.78 Å². The van der Waals surface area contributed by atoms with Gasteiger partial charge in [-0.05, 0) is 35.9 Å². The van der Waals surface area contributed by atoms with Crippen molar-refractivity contribution in [1.82, 2.24) is 0 Å². The van der Waals surface area contributed by atoms with Gasteiger partial charge in [0.1, 0.15) is 0 Å². The molecule has 0 aliphatic carbocycles. The summed E-state index contributed by atoms with van der Waals surface area (Å²) in [6.45, 7) is 3.69. The van der Waals surface area contributed by atoms with Crippen LogP contribution in [0.5, 0.6) is 0 Å². The fourth-order valence-corrected chi connectivity index (χ4v) is 0.726. The number of hydrogen-bond donors (Lipinski definition) is 0. The van der Waals surface area contributed by atoms with Gasteiger partial charge in [0.25, 0.3) is 0 Å². The Morgan fingerprint density at radius 1 is 1.67 bits per heavy atom. The van der Waals surface area contributed by atoms with E-state index in [9.17, 15) is 4.79 Å². The quantitative estimate of drug-likeness (QED) is 0.545. The number of unbranched alkanes of at least 4 members (excludes halogenated alkanes) is 1. The van der Waals surface area contributed by atoms with Crippen LogP contribution in [0, 0.1) is 0 Å². The normalized spacial score (nSPS) is 11.7. The topological polar surface area (TPSA) is 17.1 Å². The van der Waals surface area contributed by atoms with E-state index in [1.807, 2.05) is 6.08 Å². The molecular weight excluding hydrogens is 227 g/mol. The van der Waals surface area contributed by atoms with Crippen LogP contribution in [-0.4, -0.2) is 5.78 Å². The Bertz CT molecular complexity index is 127. The van der Waals surface area contributed by atoms with Crippen LogP contribution in [0.3, 0.4) is 0 Å². The van der Waals surface area contributed by atoms with Crippen LogP contribution in [0.25, 0.3) is 0 Å². The molecule has 0 aromatic heterocycles. The largest absolute Gasteiger partial charge is 0.294 e. The summed E-state index contributed by atoms with van der Waals surface area (Å²) in [5.74, 6) is 0.170. The maximum absolute atomic E-state index is 10.6. The number of carbonyl (C=O) groups is 1. The second kappa shape index (κ2) is 4.97. The number of allylic oxidation sites excluding steroid dienone is 2. The molecule has 0 rings (SSSR count). The summed E-state index contributed by atoms with van der Waals surface area (Å²) in [4.78, 5) is 10.6. The lowest BCUT2D eigenvalue weighted by Gasteiger charge is -1.88. The van der Waals surface area contributed by atoms with E-state index in [2.05, 4.69) is 29.5 Å². The fraction of sp³-hybridized carbons (Fsp3) is 0.571. The fourth-order valence-electron chi connectivity index (χ4n) is 0.415. The van der Waals surface area contributed by atoms with Crippen molar-refractivity contribution < 1.29 is 4.79 Å². The highest BCUT2D eigenvalue weighted by atomic mass is 127. The SMILES string of the molecule is CCC/C=C(\I)C(C)=O. The molecule has 0 saturated heterocycles. The number of halogens is 1. The second-order valence-electron chi connectivity index (χ2n) is 1.90. The summed E-state index contributed by atoms with van der Waals surface area (Å²) in [6.07, 6.45) is 4.10. The van der Waals surface area contributed by atoms with E-state index in [0.29, 0.717) is 0 Å². The van der Waals surface area contributed by atoms with Crippen molar-refractivity contribution in [2.45, 2.75) is 26.7 Å². The van der Waals surface area contributed by atoms with E-state index in [4.69, 9.17) is 0 Å². The minimum Gasteiger partial charge on any atom is -0.294 e. The van der Waals surface area contributed by atoms with Crippen molar-refractivity contribution in [1.29, 1.82) is 0 Å². The average molecular weight is 238 g/mol. The van der Waals surface area contributed by atoms with Crippen LogP contribution in [0.15, 0.2) is 9.66 Å². The Morgan fingerprint density at radius 2 is 2.22 bits per heavy atom. The van der Waals surface area contributed by atoms with Crippen LogP contribution in [0.2, 0.25) is 0 Å². The standard InChI is InChI=1S/C7H11IO/c1-3-4-5-7(8)6(2)9/h5H,3-4H2,1-2H3/b7-5-. The number of ketones is 1. The maximum Gasteiger partial charge on any atom is 0.165 e. The highest BCUT2D eigenvalue weighted by molar-refractivity contribution is 14.1. The van der Waals surface area contributed by atoms with Gasteiger partial charge in [-0.25, -0.2) is 0 Å². The van der Waals surface area contributed by atoms with Crippen LogP contribution in [0.4, 0.5) is 0 Å². The van der Waals surface area contributed by atoms with E-state index in [0.717, 1.165) is 16.4 Å². The van der Waals surface area contributed by atoms with Gasteiger partial charge in [-0.15, -0.1) is 0 Å². The molecule has 0 spiro atoms. The second-order valence-corrected chi connectivity index (χ2v) is 3.06. The number of Topliss-reactive ketones (excluding diaryl/α,β-unsaturated/α-hetero) is 1. The van der Waals surface area contributed by atoms with Crippen LogP contribution in [0.1, 0.15) is 26.7 Å². The van der Waals surface area contributed by atoms with Crippen molar-refractivity contribution in [3.63, 3.8) is 0 Å². The molecule has 0 N–H and O–H groups in total. The Balaban J connectivity index is 3.69. The molecule has 0 aromatic rings. The Morgan fingerprint density at radius 3 is 2.56 bits per heavy atom. The molecule has 0 saturated carbocycles. The third-order valence-corrected chi connectivity index (χ3v) is 2.15. The third-order valence-electron chi connectivity index (χ3n) is 0.949. The molecule has 52 valence electrons. The predicted octanol–water partition coefficient (Wildman–Crippen LogP) is 2.69. The molecule has 0 unspecified atom stereocenters. The molecule has 0 aromatic carbocycles. The van der Waals surface area contributed by atoms with Crippen molar-refractivity contribution in [2.75, 3.05) is 0 Å². The first-order chi connectivity index (χ1) is 4.18. The smallest absolute Gasteiger partial charge is 0.165 e. The molecular formula is C7H11IO. The third kappa shape index (κ3) is 4.63. The summed E-state index contributed by atoms with van der Waals surface area (Å²) in [7, 11) is 0. The first-order valence-electron chi connectivity index (χ1n) is 3.05. The Hall–Kier alpha value is 0.140. The van der Waals surface area contributed by atoms with Crippen LogP contribution < -0.4 is 0 Å². The first-order valence-corrected chi connectivity index (χ1v) is 4.13. The van der Waals surface area contributed by atoms with Gasteiger partial charge < -0.3 is 0 Å². The van der Waals surface area contributed by atoms with Crippen molar-refractivity contribution in [3.8, 4) is 0 Å². The molecule has 0 radical (unpaired) electrons. The molecule has 0 amide bonds. The molecule has 1 nitrogen and oxygen atoms in total. The zero-order chi connectivity index (χ0) is 7.28. The molecule has 0 atom stereocenters. The van der Waals surface area contributed by atoms with Crippen LogP contribution >= 0.6 is 22.6 Å². The summed E-state index contributed by atoms with van der Waals surface area (Å²) in [6, 6.07) is 0. The minimum absolute atomic E-state index is 0.170. The zero-order valence-electron chi connectivity index (χ0n) is 5.78. The molecule has 0 fully saturated rings. The average Bonchev–Trinajstić information content (AvgIpc) is 1.82. The molecule has 0 aliphatic heterocycles. The molecule has 2 heteroatoms. The van der Waals surface area contributed by atoms with E-state index in [1.165, 1.54) is 0 Å². The highest BCUT2D eigenvalue weighted by Gasteiger charge is 1.94. The Kier molecular flexibility index (Phi) is 5.04. The molecule has 0 heterocycles. The molecule has 0 bridgehead atoms. The van der Waals surface area contributed by atoms with Gasteiger partial charge in [0.15, 0.2) is 5.78 Å². The monoisotopic (exact) mass is 238 g/mol. The van der Waals surface area contributed by atoms with E-state index in [1.54, 1.807) is 6.92 Å². The van der Waals surface area contributed by atoms with Gasteiger partial charge in [-0.1, -0.05) is 19.4 Å². The minimum atomic E-state index is 0.170. The summed E-state index contributed by atoms with van der Waals surface area (Å²) in [5, 5.41) is 0. The number of carbonyl (C=O) groups excluding carboxylic acids is 1. The summed E-state index contributed by atoms with van der Waals surface area (Å²) in [5.41, 5.74) is 0.